The van der Waals surface area contributed by atoms with Crippen LogP contribution in [-0.4, -0.2) is 38.8 Å². The molecular weight excluding hydrogens is 268 g/mol. The number of carboxylic acid groups (broad SMARTS) is 1. The molecule has 0 aromatic carbocycles. The molecule has 112 valence electrons. The Morgan fingerprint density at radius 1 is 1.43 bits per heavy atom. The number of piperidine rings is 1. The molecule has 1 fully saturated rings. The molecule has 0 spiro atoms. The first kappa shape index (κ1) is 13.9. The standard InChI is InChI=1S/C15H20N4O2/c1-15(2,14(20)21)11-4-3-8-18(10-11)12-6-9-19-13(17-12)5-7-16-19/h5-7,9,11H,3-4,8,10H2,1-2H3,(H,20,21). The van der Waals surface area contributed by atoms with Gasteiger partial charge in [0.2, 0.25) is 0 Å². The van der Waals surface area contributed by atoms with Gasteiger partial charge in [-0.3, -0.25) is 4.79 Å². The number of aliphatic carboxylic acids is 1. The summed E-state index contributed by atoms with van der Waals surface area (Å²) in [4.78, 5) is 18.2. The van der Waals surface area contributed by atoms with Crippen LogP contribution in [0.3, 0.4) is 0 Å². The lowest BCUT2D eigenvalue weighted by Gasteiger charge is -2.39. The largest absolute Gasteiger partial charge is 0.481 e. The van der Waals surface area contributed by atoms with E-state index in [0.717, 1.165) is 37.4 Å². The van der Waals surface area contributed by atoms with Crippen molar-refractivity contribution in [3.8, 4) is 0 Å². The van der Waals surface area contributed by atoms with E-state index in [9.17, 15) is 9.90 Å². The van der Waals surface area contributed by atoms with E-state index < -0.39 is 11.4 Å². The van der Waals surface area contributed by atoms with Crippen LogP contribution in [0.5, 0.6) is 0 Å². The monoisotopic (exact) mass is 288 g/mol. The van der Waals surface area contributed by atoms with Crippen molar-refractivity contribution >= 4 is 17.4 Å². The maximum absolute atomic E-state index is 11.5. The van der Waals surface area contributed by atoms with Gasteiger partial charge in [-0.05, 0) is 38.7 Å². The number of nitrogens with zero attached hydrogens (tertiary/aromatic N) is 4. The number of hydrogen-bond acceptors (Lipinski definition) is 4. The fourth-order valence-electron chi connectivity index (χ4n) is 2.93. The first-order chi connectivity index (χ1) is 9.98. The van der Waals surface area contributed by atoms with Crippen molar-refractivity contribution < 1.29 is 9.90 Å². The van der Waals surface area contributed by atoms with Gasteiger partial charge in [-0.25, -0.2) is 9.50 Å². The van der Waals surface area contributed by atoms with E-state index in [1.54, 1.807) is 10.7 Å². The van der Waals surface area contributed by atoms with E-state index >= 15 is 0 Å². The summed E-state index contributed by atoms with van der Waals surface area (Å²) in [7, 11) is 0. The van der Waals surface area contributed by atoms with Gasteiger partial charge < -0.3 is 10.0 Å². The van der Waals surface area contributed by atoms with E-state index in [2.05, 4.69) is 15.0 Å². The SMILES string of the molecule is CC(C)(C(=O)O)C1CCCN(c2ccn3nccc3n2)C1. The third-order valence-electron chi connectivity index (χ3n) is 4.56. The maximum Gasteiger partial charge on any atom is 0.309 e. The second kappa shape index (κ2) is 5.02. The molecule has 0 bridgehead atoms. The summed E-state index contributed by atoms with van der Waals surface area (Å²) in [6, 6.07) is 3.81. The van der Waals surface area contributed by atoms with Crippen LogP contribution in [-0.2, 0) is 4.79 Å². The number of anilines is 1. The molecule has 1 N–H and O–H groups in total. The van der Waals surface area contributed by atoms with E-state index in [1.807, 2.05) is 32.2 Å². The summed E-state index contributed by atoms with van der Waals surface area (Å²) in [5.41, 5.74) is 0.103. The quantitative estimate of drug-likeness (QED) is 0.936. The van der Waals surface area contributed by atoms with Crippen LogP contribution >= 0.6 is 0 Å². The third kappa shape index (κ3) is 2.46. The first-order valence-electron chi connectivity index (χ1n) is 7.27. The molecule has 2 aromatic heterocycles. The molecule has 1 aliphatic rings. The van der Waals surface area contributed by atoms with Gasteiger partial charge in [-0.2, -0.15) is 5.10 Å². The Bertz CT molecular complexity index is 664. The number of fused-ring (bicyclic) bond motifs is 1. The van der Waals surface area contributed by atoms with Gasteiger partial charge in [0.15, 0.2) is 5.65 Å². The number of aromatic nitrogens is 3. The van der Waals surface area contributed by atoms with Crippen LogP contribution in [0.4, 0.5) is 5.82 Å². The summed E-state index contributed by atoms with van der Waals surface area (Å²) in [6.07, 6.45) is 5.56. The van der Waals surface area contributed by atoms with Crippen LogP contribution in [0.25, 0.3) is 5.65 Å². The Hall–Kier alpha value is -2.11. The van der Waals surface area contributed by atoms with Gasteiger partial charge in [-0.15, -0.1) is 0 Å². The van der Waals surface area contributed by atoms with Crippen LogP contribution in [0, 0.1) is 11.3 Å². The van der Waals surface area contributed by atoms with Crippen molar-refractivity contribution in [2.45, 2.75) is 26.7 Å². The molecule has 1 atom stereocenters. The minimum absolute atomic E-state index is 0.131. The van der Waals surface area contributed by atoms with Gasteiger partial charge >= 0.3 is 5.97 Å². The van der Waals surface area contributed by atoms with E-state index in [1.165, 1.54) is 0 Å². The van der Waals surface area contributed by atoms with Crippen molar-refractivity contribution in [2.24, 2.45) is 11.3 Å². The Morgan fingerprint density at radius 3 is 3.00 bits per heavy atom. The minimum Gasteiger partial charge on any atom is -0.481 e. The molecule has 1 saturated heterocycles. The fraction of sp³-hybridized carbons (Fsp3) is 0.533. The van der Waals surface area contributed by atoms with Gasteiger partial charge in [0.05, 0.1) is 11.6 Å². The van der Waals surface area contributed by atoms with Crippen LogP contribution in [0.15, 0.2) is 24.5 Å². The second-order valence-electron chi connectivity index (χ2n) is 6.23. The molecule has 0 radical (unpaired) electrons. The molecule has 21 heavy (non-hydrogen) atoms. The van der Waals surface area contributed by atoms with Crippen LogP contribution < -0.4 is 4.90 Å². The van der Waals surface area contributed by atoms with Crippen molar-refractivity contribution in [1.82, 2.24) is 14.6 Å². The molecule has 1 aliphatic heterocycles. The van der Waals surface area contributed by atoms with Crippen LogP contribution in [0.2, 0.25) is 0 Å². The topological polar surface area (TPSA) is 70.7 Å². The predicted molar refractivity (Wildman–Crippen MR) is 79.3 cm³/mol. The Labute approximate surface area is 123 Å². The molecule has 0 aliphatic carbocycles. The highest BCUT2D eigenvalue weighted by atomic mass is 16.4. The van der Waals surface area contributed by atoms with E-state index in [0.29, 0.717) is 0 Å². The van der Waals surface area contributed by atoms with Gasteiger partial charge in [0.25, 0.3) is 0 Å². The van der Waals surface area contributed by atoms with E-state index in [-0.39, 0.29) is 5.92 Å². The Kier molecular flexibility index (Phi) is 3.31. The molecule has 3 heterocycles. The predicted octanol–water partition coefficient (Wildman–Crippen LogP) is 2.06. The summed E-state index contributed by atoms with van der Waals surface area (Å²) in [6.45, 7) is 5.29. The third-order valence-corrected chi connectivity index (χ3v) is 4.56. The maximum atomic E-state index is 11.5. The summed E-state index contributed by atoms with van der Waals surface area (Å²) >= 11 is 0. The second-order valence-corrected chi connectivity index (χ2v) is 6.23. The van der Waals surface area contributed by atoms with Gasteiger partial charge in [0, 0.05) is 25.4 Å². The van der Waals surface area contributed by atoms with Crippen molar-refractivity contribution in [3.05, 3.63) is 24.5 Å². The van der Waals surface area contributed by atoms with Crippen molar-refractivity contribution in [1.29, 1.82) is 0 Å². The zero-order chi connectivity index (χ0) is 15.0. The molecule has 2 aromatic rings. The fourth-order valence-corrected chi connectivity index (χ4v) is 2.93. The zero-order valence-corrected chi connectivity index (χ0v) is 12.4. The summed E-state index contributed by atoms with van der Waals surface area (Å²) < 4.78 is 1.73. The van der Waals surface area contributed by atoms with Gasteiger partial charge in [0.1, 0.15) is 5.82 Å². The number of hydrogen-bond donors (Lipinski definition) is 1. The number of carbonyl (C=O) groups is 1. The molecule has 0 amide bonds. The highest BCUT2D eigenvalue weighted by Crippen LogP contribution is 2.35. The molecule has 3 rings (SSSR count). The lowest BCUT2D eigenvalue weighted by Crippen LogP contribution is -2.45. The Balaban J connectivity index is 1.84. The first-order valence-corrected chi connectivity index (χ1v) is 7.27. The number of rotatable bonds is 3. The lowest BCUT2D eigenvalue weighted by molar-refractivity contribution is -0.150. The van der Waals surface area contributed by atoms with Crippen LogP contribution in [0.1, 0.15) is 26.7 Å². The highest BCUT2D eigenvalue weighted by molar-refractivity contribution is 5.74. The number of carboxylic acids is 1. The molecule has 6 heteroatoms. The Morgan fingerprint density at radius 2 is 2.24 bits per heavy atom. The lowest BCUT2D eigenvalue weighted by atomic mass is 9.74. The average Bonchev–Trinajstić information content (AvgIpc) is 2.94. The molecular formula is C15H20N4O2. The normalized spacial score (nSPS) is 19.9. The summed E-state index contributed by atoms with van der Waals surface area (Å²) in [5, 5.41) is 13.6. The van der Waals surface area contributed by atoms with E-state index in [4.69, 9.17) is 0 Å². The minimum atomic E-state index is -0.728. The highest BCUT2D eigenvalue weighted by Gasteiger charge is 2.39. The smallest absolute Gasteiger partial charge is 0.309 e. The van der Waals surface area contributed by atoms with Gasteiger partial charge in [-0.1, -0.05) is 0 Å². The average molecular weight is 288 g/mol. The zero-order valence-electron chi connectivity index (χ0n) is 12.4. The van der Waals surface area contributed by atoms with Crippen molar-refractivity contribution in [2.75, 3.05) is 18.0 Å². The molecule has 1 unspecified atom stereocenters. The van der Waals surface area contributed by atoms with Crippen molar-refractivity contribution in [3.63, 3.8) is 0 Å². The summed E-state index contributed by atoms with van der Waals surface area (Å²) in [5.74, 6) is 0.300. The molecule has 6 nitrogen and oxygen atoms in total. The molecule has 0 saturated carbocycles.